The first-order valence-corrected chi connectivity index (χ1v) is 12.5. The molecule has 5 rings (SSSR count). The van der Waals surface area contributed by atoms with Gasteiger partial charge in [0.1, 0.15) is 0 Å². The molecule has 1 N–H and O–H groups in total. The number of pyridine rings is 1. The van der Waals surface area contributed by atoms with Gasteiger partial charge >= 0.3 is 5.69 Å². The van der Waals surface area contributed by atoms with Crippen LogP contribution < -0.4 is 5.69 Å². The van der Waals surface area contributed by atoms with E-state index < -0.39 is 5.82 Å². The van der Waals surface area contributed by atoms with Gasteiger partial charge in [-0.25, -0.2) is 14.3 Å². The Balaban J connectivity index is 1.48. The number of imidazole rings is 1. The van der Waals surface area contributed by atoms with Crippen LogP contribution in [0, 0.1) is 5.82 Å². The van der Waals surface area contributed by atoms with Crippen molar-refractivity contribution < 1.29 is 4.39 Å². The number of rotatable bonds is 10. The Bertz CT molecular complexity index is 1530. The molecule has 0 aliphatic rings. The second-order valence-corrected chi connectivity index (χ2v) is 8.99. The second-order valence-electron chi connectivity index (χ2n) is 8.99. The fraction of sp³-hybridized carbons (Fsp3) is 0.296. The Morgan fingerprint density at radius 1 is 1.03 bits per heavy atom. The molecule has 0 saturated heterocycles. The first-order chi connectivity index (χ1) is 18.1. The van der Waals surface area contributed by atoms with E-state index in [2.05, 4.69) is 32.5 Å². The number of H-pyrrole nitrogens is 1. The quantitative estimate of drug-likeness (QED) is 0.302. The van der Waals surface area contributed by atoms with E-state index in [0.29, 0.717) is 18.9 Å². The molecule has 4 aromatic heterocycles. The third-order valence-electron chi connectivity index (χ3n) is 6.40. The Morgan fingerprint density at radius 3 is 2.57 bits per heavy atom. The summed E-state index contributed by atoms with van der Waals surface area (Å²) in [5.74, 6) is 0.451. The summed E-state index contributed by atoms with van der Waals surface area (Å²) in [6, 6.07) is 13.1. The summed E-state index contributed by atoms with van der Waals surface area (Å²) in [6.07, 6.45) is 8.76. The number of halogens is 1. The van der Waals surface area contributed by atoms with E-state index in [1.54, 1.807) is 27.7 Å². The van der Waals surface area contributed by atoms with Gasteiger partial charge < -0.3 is 4.57 Å². The molecule has 5 aromatic rings. The zero-order valence-corrected chi connectivity index (χ0v) is 20.9. The fourth-order valence-corrected chi connectivity index (χ4v) is 4.56. The number of unbranched alkanes of at least 4 members (excludes halogenated alkanes) is 1. The van der Waals surface area contributed by atoms with Gasteiger partial charge in [-0.15, -0.1) is 5.10 Å². The molecule has 0 fully saturated rings. The second kappa shape index (κ2) is 10.7. The molecule has 0 unspecified atom stereocenters. The molecule has 190 valence electrons. The Morgan fingerprint density at radius 2 is 1.86 bits per heavy atom. The normalized spacial score (nSPS) is 11.3. The van der Waals surface area contributed by atoms with Crippen LogP contribution in [0.4, 0.5) is 4.39 Å². The standard InChI is InChI=1S/C27H29FN8O/c1-3-5-8-20-18-36(26-23(28)13-15-34(26)14-4-2)27(37)35(20)17-19-11-12-24(29-16-19)21-9-6-7-10-22(21)25-30-32-33-31-25/h6-7,9-13,15-16,18H,3-5,8,14,17H2,1-2H3,(H,30,31,32,33). The number of nitrogens with zero attached hydrogens (tertiary/aromatic N) is 7. The van der Waals surface area contributed by atoms with E-state index in [1.165, 1.54) is 10.6 Å². The van der Waals surface area contributed by atoms with Crippen LogP contribution in [0.3, 0.4) is 0 Å². The van der Waals surface area contributed by atoms with Crippen molar-refractivity contribution >= 4 is 0 Å². The molecular formula is C27H29FN8O. The van der Waals surface area contributed by atoms with Crippen LogP contribution in [0.2, 0.25) is 0 Å². The Kier molecular flexibility index (Phi) is 7.07. The van der Waals surface area contributed by atoms with E-state index in [1.807, 2.05) is 43.3 Å². The van der Waals surface area contributed by atoms with Gasteiger partial charge in [0.25, 0.3) is 0 Å². The van der Waals surface area contributed by atoms with Crippen LogP contribution >= 0.6 is 0 Å². The van der Waals surface area contributed by atoms with Crippen molar-refractivity contribution in [3.63, 3.8) is 0 Å². The fourth-order valence-electron chi connectivity index (χ4n) is 4.56. The van der Waals surface area contributed by atoms with Gasteiger partial charge in [0.15, 0.2) is 17.5 Å². The van der Waals surface area contributed by atoms with E-state index in [4.69, 9.17) is 0 Å². The number of aromatic nitrogens is 8. The first kappa shape index (κ1) is 24.4. The van der Waals surface area contributed by atoms with Gasteiger partial charge in [0.2, 0.25) is 0 Å². The molecule has 0 spiro atoms. The highest BCUT2D eigenvalue weighted by Crippen LogP contribution is 2.28. The summed E-state index contributed by atoms with van der Waals surface area (Å²) in [7, 11) is 0. The number of nitrogens with one attached hydrogen (secondary N) is 1. The highest BCUT2D eigenvalue weighted by molar-refractivity contribution is 5.78. The van der Waals surface area contributed by atoms with Crippen molar-refractivity contribution in [3.05, 3.63) is 88.6 Å². The molecule has 1 aromatic carbocycles. The minimum atomic E-state index is -0.401. The lowest BCUT2D eigenvalue weighted by atomic mass is 10.0. The number of benzene rings is 1. The molecule has 0 aliphatic carbocycles. The molecule has 9 nitrogen and oxygen atoms in total. The largest absolute Gasteiger partial charge is 0.334 e. The van der Waals surface area contributed by atoms with Gasteiger partial charge in [0.05, 0.1) is 12.2 Å². The minimum Gasteiger partial charge on any atom is -0.331 e. The molecule has 37 heavy (non-hydrogen) atoms. The van der Waals surface area contributed by atoms with E-state index in [0.717, 1.165) is 53.8 Å². The highest BCUT2D eigenvalue weighted by Gasteiger charge is 2.19. The molecule has 4 heterocycles. The lowest BCUT2D eigenvalue weighted by Crippen LogP contribution is -2.26. The van der Waals surface area contributed by atoms with Crippen molar-refractivity contribution in [2.45, 2.75) is 52.6 Å². The SMILES string of the molecule is CCCCc1cn(-c2c(F)ccn2CCC)c(=O)n1Cc1ccc(-c2ccccc2-c2nnn[nH]2)nc1. The van der Waals surface area contributed by atoms with Crippen molar-refractivity contribution in [1.82, 2.24) is 39.3 Å². The molecule has 0 aliphatic heterocycles. The number of hydrogen-bond donors (Lipinski definition) is 1. The summed E-state index contributed by atoms with van der Waals surface area (Å²) in [4.78, 5) is 18.2. The number of aryl methyl sites for hydroxylation is 2. The molecular weight excluding hydrogens is 471 g/mol. The van der Waals surface area contributed by atoms with Gasteiger partial charge in [0, 0.05) is 42.0 Å². The molecule has 0 amide bonds. The predicted molar refractivity (Wildman–Crippen MR) is 139 cm³/mol. The van der Waals surface area contributed by atoms with Gasteiger partial charge in [-0.2, -0.15) is 0 Å². The molecule has 0 atom stereocenters. The van der Waals surface area contributed by atoms with Crippen LogP contribution in [0.1, 0.15) is 44.4 Å². The number of aromatic amines is 1. The van der Waals surface area contributed by atoms with Gasteiger partial charge in [-0.3, -0.25) is 14.1 Å². The average molecular weight is 501 g/mol. The van der Waals surface area contributed by atoms with Crippen LogP contribution in [0.5, 0.6) is 0 Å². The summed E-state index contributed by atoms with van der Waals surface area (Å²) in [5, 5.41) is 14.2. The van der Waals surface area contributed by atoms with Crippen molar-refractivity contribution in [2.24, 2.45) is 0 Å². The molecule has 10 heteroatoms. The third-order valence-corrected chi connectivity index (χ3v) is 6.40. The number of tetrazole rings is 1. The summed E-state index contributed by atoms with van der Waals surface area (Å²) in [6.45, 7) is 5.13. The lowest BCUT2D eigenvalue weighted by molar-refractivity contribution is 0.584. The summed E-state index contributed by atoms with van der Waals surface area (Å²) < 4.78 is 19.7. The van der Waals surface area contributed by atoms with Crippen LogP contribution in [-0.2, 0) is 19.5 Å². The minimum absolute atomic E-state index is 0.256. The maximum absolute atomic E-state index is 14.7. The monoisotopic (exact) mass is 500 g/mol. The lowest BCUT2D eigenvalue weighted by Gasteiger charge is -2.10. The maximum Gasteiger partial charge on any atom is 0.334 e. The third kappa shape index (κ3) is 4.87. The molecule has 0 radical (unpaired) electrons. The van der Waals surface area contributed by atoms with E-state index in [9.17, 15) is 9.18 Å². The number of hydrogen-bond acceptors (Lipinski definition) is 5. The zero-order valence-electron chi connectivity index (χ0n) is 20.9. The van der Waals surface area contributed by atoms with Gasteiger partial charge in [-0.05, 0) is 47.4 Å². The summed E-state index contributed by atoms with van der Waals surface area (Å²) >= 11 is 0. The van der Waals surface area contributed by atoms with E-state index in [-0.39, 0.29) is 11.5 Å². The van der Waals surface area contributed by atoms with Gasteiger partial charge in [-0.1, -0.05) is 50.6 Å². The Labute approximate surface area is 213 Å². The van der Waals surface area contributed by atoms with E-state index >= 15 is 0 Å². The van der Waals surface area contributed by atoms with Crippen LogP contribution in [0.15, 0.2) is 65.8 Å². The maximum atomic E-state index is 14.7. The molecule has 0 saturated carbocycles. The van der Waals surface area contributed by atoms with Crippen molar-refractivity contribution in [2.75, 3.05) is 0 Å². The average Bonchev–Trinajstić information content (AvgIpc) is 3.65. The topological polar surface area (TPSA) is 99.2 Å². The Hall–Kier alpha value is -4.34. The highest BCUT2D eigenvalue weighted by atomic mass is 19.1. The van der Waals surface area contributed by atoms with Crippen LogP contribution in [-0.4, -0.2) is 39.3 Å². The predicted octanol–water partition coefficient (Wildman–Crippen LogP) is 4.62. The first-order valence-electron chi connectivity index (χ1n) is 12.5. The van der Waals surface area contributed by atoms with Crippen LogP contribution in [0.25, 0.3) is 28.5 Å². The smallest absolute Gasteiger partial charge is 0.331 e. The summed E-state index contributed by atoms with van der Waals surface area (Å²) in [5.41, 5.74) is 4.01. The van der Waals surface area contributed by atoms with Crippen molar-refractivity contribution in [1.29, 1.82) is 0 Å². The van der Waals surface area contributed by atoms with Crippen molar-refractivity contribution in [3.8, 4) is 28.5 Å². The molecule has 0 bridgehead atoms. The zero-order chi connectivity index (χ0) is 25.8.